The summed E-state index contributed by atoms with van der Waals surface area (Å²) >= 11 is 0. The number of carbonyl (C=O) groups excluding carboxylic acids is 1. The third kappa shape index (κ3) is 4.69. The van der Waals surface area contributed by atoms with E-state index in [0.717, 1.165) is 18.7 Å². The lowest BCUT2D eigenvalue weighted by atomic mass is 10.0. The number of benzene rings is 2. The smallest absolute Gasteiger partial charge is 0.293 e. The molecule has 1 heterocycles. The molecule has 2 aromatic rings. The molecule has 0 bridgehead atoms. The largest absolute Gasteiger partial charge is 0.379 e. The molecule has 2 aromatic carbocycles. The fourth-order valence-corrected chi connectivity index (χ4v) is 3.28. The number of rotatable bonds is 7. The molecule has 0 unspecified atom stereocenters. The number of ketones is 1. The van der Waals surface area contributed by atoms with Crippen molar-refractivity contribution in [1.29, 1.82) is 0 Å². The summed E-state index contributed by atoms with van der Waals surface area (Å²) in [4.78, 5) is 24.8. The van der Waals surface area contributed by atoms with Crippen molar-refractivity contribution < 1.29 is 14.5 Å². The average molecular weight is 369 g/mol. The number of nitro groups is 1. The maximum Gasteiger partial charge on any atom is 0.293 e. The summed E-state index contributed by atoms with van der Waals surface area (Å²) in [5.74, 6) is -0.194. The van der Waals surface area contributed by atoms with Gasteiger partial charge >= 0.3 is 0 Å². The van der Waals surface area contributed by atoms with Gasteiger partial charge in [-0.1, -0.05) is 30.3 Å². The number of anilines is 1. The molecule has 1 fully saturated rings. The Hall–Kier alpha value is -2.77. The van der Waals surface area contributed by atoms with Gasteiger partial charge in [-0.25, -0.2) is 0 Å². The molecule has 0 radical (unpaired) electrons. The van der Waals surface area contributed by atoms with Crippen molar-refractivity contribution in [2.24, 2.45) is 0 Å². The highest BCUT2D eigenvalue weighted by Gasteiger charge is 2.24. The summed E-state index contributed by atoms with van der Waals surface area (Å²) in [5, 5.41) is 14.7. The molecule has 27 heavy (non-hydrogen) atoms. The Morgan fingerprint density at radius 2 is 1.93 bits per heavy atom. The zero-order chi connectivity index (χ0) is 19.2. The van der Waals surface area contributed by atoms with Crippen LogP contribution in [0.3, 0.4) is 0 Å². The lowest BCUT2D eigenvalue weighted by molar-refractivity contribution is -0.384. The Balaban J connectivity index is 1.83. The quantitative estimate of drug-likeness (QED) is 0.458. The topological polar surface area (TPSA) is 84.7 Å². The zero-order valence-corrected chi connectivity index (χ0v) is 15.3. The van der Waals surface area contributed by atoms with E-state index in [0.29, 0.717) is 31.0 Å². The molecule has 7 heteroatoms. The van der Waals surface area contributed by atoms with E-state index < -0.39 is 4.92 Å². The number of carbonyl (C=O) groups is 1. The number of hydrogen-bond donors (Lipinski definition) is 1. The van der Waals surface area contributed by atoms with Crippen LogP contribution in [0.15, 0.2) is 48.5 Å². The van der Waals surface area contributed by atoms with Crippen molar-refractivity contribution in [3.8, 4) is 0 Å². The van der Waals surface area contributed by atoms with Crippen LogP contribution < -0.4 is 5.32 Å². The van der Waals surface area contributed by atoms with Gasteiger partial charge in [-0.3, -0.25) is 19.8 Å². The van der Waals surface area contributed by atoms with E-state index in [1.165, 1.54) is 13.0 Å². The molecule has 0 aromatic heterocycles. The number of nitrogens with one attached hydrogen (secondary N) is 1. The van der Waals surface area contributed by atoms with Crippen molar-refractivity contribution in [1.82, 2.24) is 4.90 Å². The van der Waals surface area contributed by atoms with Crippen LogP contribution in [0.1, 0.15) is 28.9 Å². The van der Waals surface area contributed by atoms with Gasteiger partial charge in [-0.05, 0) is 24.6 Å². The second-order valence-electron chi connectivity index (χ2n) is 6.50. The van der Waals surface area contributed by atoms with E-state index in [1.807, 2.05) is 18.2 Å². The summed E-state index contributed by atoms with van der Waals surface area (Å²) in [7, 11) is 0. The highest BCUT2D eigenvalue weighted by atomic mass is 16.6. The van der Waals surface area contributed by atoms with Gasteiger partial charge in [0, 0.05) is 31.3 Å². The van der Waals surface area contributed by atoms with Gasteiger partial charge < -0.3 is 10.1 Å². The Labute approximate surface area is 158 Å². The number of nitro benzene ring substituents is 1. The Bertz CT molecular complexity index is 804. The van der Waals surface area contributed by atoms with Gasteiger partial charge in [-0.2, -0.15) is 0 Å². The lowest BCUT2D eigenvalue weighted by Crippen LogP contribution is -2.41. The number of hydrogen-bond acceptors (Lipinski definition) is 6. The highest BCUT2D eigenvalue weighted by molar-refractivity contribution is 5.95. The van der Waals surface area contributed by atoms with Gasteiger partial charge in [0.05, 0.1) is 24.2 Å². The third-order valence-electron chi connectivity index (χ3n) is 4.76. The molecule has 0 spiro atoms. The van der Waals surface area contributed by atoms with Crippen LogP contribution in [0, 0.1) is 10.1 Å². The molecule has 0 amide bonds. The van der Waals surface area contributed by atoms with Crippen molar-refractivity contribution in [2.45, 2.75) is 13.0 Å². The number of ether oxygens (including phenoxy) is 1. The first-order valence-corrected chi connectivity index (χ1v) is 8.96. The van der Waals surface area contributed by atoms with E-state index in [2.05, 4.69) is 22.3 Å². The molecule has 142 valence electrons. The molecule has 0 aliphatic carbocycles. The molecule has 7 nitrogen and oxygen atoms in total. The monoisotopic (exact) mass is 369 g/mol. The SMILES string of the molecule is CC(=O)c1ccc(NC[C@H](c2ccccc2)N2CCOCC2)c([N+](=O)[O-])c1. The maximum absolute atomic E-state index is 11.5. The second-order valence-corrected chi connectivity index (χ2v) is 6.50. The second kappa shape index (κ2) is 8.75. The van der Waals surface area contributed by atoms with Crippen LogP contribution in [-0.2, 0) is 4.74 Å². The van der Waals surface area contributed by atoms with Crippen LogP contribution in [0.4, 0.5) is 11.4 Å². The molecule has 1 saturated heterocycles. The van der Waals surface area contributed by atoms with Gasteiger partial charge in [0.25, 0.3) is 5.69 Å². The van der Waals surface area contributed by atoms with Crippen molar-refractivity contribution in [3.05, 3.63) is 69.8 Å². The average Bonchev–Trinajstić information content (AvgIpc) is 2.69. The predicted molar refractivity (Wildman–Crippen MR) is 103 cm³/mol. The van der Waals surface area contributed by atoms with Gasteiger partial charge in [-0.15, -0.1) is 0 Å². The maximum atomic E-state index is 11.5. The normalized spacial score (nSPS) is 15.9. The van der Waals surface area contributed by atoms with Crippen LogP contribution in [-0.4, -0.2) is 48.5 Å². The first-order chi connectivity index (χ1) is 13.1. The molecule has 1 aliphatic rings. The van der Waals surface area contributed by atoms with E-state index in [9.17, 15) is 14.9 Å². The predicted octanol–water partition coefficient (Wildman–Crippen LogP) is 3.28. The minimum atomic E-state index is -0.457. The van der Waals surface area contributed by atoms with Crippen LogP contribution in [0.25, 0.3) is 0 Å². The Morgan fingerprint density at radius 1 is 1.22 bits per heavy atom. The number of morpholine rings is 1. The summed E-state index contributed by atoms with van der Waals surface area (Å²) in [6.07, 6.45) is 0. The summed E-state index contributed by atoms with van der Waals surface area (Å²) in [6.45, 7) is 4.90. The van der Waals surface area contributed by atoms with E-state index in [4.69, 9.17) is 4.74 Å². The number of nitrogens with zero attached hydrogens (tertiary/aromatic N) is 2. The van der Waals surface area contributed by atoms with E-state index in [-0.39, 0.29) is 17.5 Å². The molecule has 0 saturated carbocycles. The van der Waals surface area contributed by atoms with Crippen LogP contribution in [0.2, 0.25) is 0 Å². The van der Waals surface area contributed by atoms with E-state index >= 15 is 0 Å². The molecular weight excluding hydrogens is 346 g/mol. The zero-order valence-electron chi connectivity index (χ0n) is 15.3. The lowest BCUT2D eigenvalue weighted by Gasteiger charge is -2.35. The van der Waals surface area contributed by atoms with Crippen LogP contribution >= 0.6 is 0 Å². The molecule has 1 N–H and O–H groups in total. The van der Waals surface area contributed by atoms with Gasteiger partial charge in [0.2, 0.25) is 0 Å². The highest BCUT2D eigenvalue weighted by Crippen LogP contribution is 2.28. The molecule has 1 aliphatic heterocycles. The minimum absolute atomic E-state index is 0.0715. The Kier molecular flexibility index (Phi) is 6.16. The first-order valence-electron chi connectivity index (χ1n) is 8.96. The van der Waals surface area contributed by atoms with Crippen LogP contribution in [0.5, 0.6) is 0 Å². The van der Waals surface area contributed by atoms with Gasteiger partial charge in [0.1, 0.15) is 5.69 Å². The summed E-state index contributed by atoms with van der Waals surface area (Å²) in [5.41, 5.74) is 1.81. The number of Topliss-reactive ketones (excluding diaryl/α,β-unsaturated/α-hetero) is 1. The summed E-state index contributed by atoms with van der Waals surface area (Å²) in [6, 6.07) is 14.7. The first kappa shape index (κ1) is 19.0. The van der Waals surface area contributed by atoms with Crippen molar-refractivity contribution in [3.63, 3.8) is 0 Å². The Morgan fingerprint density at radius 3 is 2.56 bits per heavy atom. The fraction of sp³-hybridized carbons (Fsp3) is 0.350. The van der Waals surface area contributed by atoms with E-state index in [1.54, 1.807) is 12.1 Å². The third-order valence-corrected chi connectivity index (χ3v) is 4.76. The molecular formula is C20H23N3O4. The van der Waals surface area contributed by atoms with Crippen molar-refractivity contribution in [2.75, 3.05) is 38.2 Å². The fourth-order valence-electron chi connectivity index (χ4n) is 3.28. The standard InChI is InChI=1S/C20H23N3O4/c1-15(24)17-7-8-18(19(13-17)23(25)26)21-14-20(16-5-3-2-4-6-16)22-9-11-27-12-10-22/h2-8,13,20-21H,9-12,14H2,1H3/t20-/m1/s1. The minimum Gasteiger partial charge on any atom is -0.379 e. The summed E-state index contributed by atoms with van der Waals surface area (Å²) < 4.78 is 5.45. The molecule has 3 rings (SSSR count). The van der Waals surface area contributed by atoms with Crippen molar-refractivity contribution >= 4 is 17.2 Å². The van der Waals surface area contributed by atoms with Gasteiger partial charge in [0.15, 0.2) is 5.78 Å². The molecule has 1 atom stereocenters.